The lowest BCUT2D eigenvalue weighted by molar-refractivity contribution is 0.867. The fraction of sp³-hybridized carbons (Fsp3) is 0.364. The molecule has 74 valence electrons. The van der Waals surface area contributed by atoms with Crippen LogP contribution < -0.4 is 4.90 Å². The number of hydrogen-bond acceptors (Lipinski definition) is 2. The van der Waals surface area contributed by atoms with Crippen LogP contribution in [0, 0.1) is 0 Å². The van der Waals surface area contributed by atoms with E-state index in [0.717, 1.165) is 24.1 Å². The van der Waals surface area contributed by atoms with Crippen LogP contribution in [0.5, 0.6) is 0 Å². The van der Waals surface area contributed by atoms with Gasteiger partial charge in [-0.3, -0.25) is 0 Å². The molecule has 0 aliphatic carbocycles. The Morgan fingerprint density at radius 3 is 2.79 bits per heavy atom. The molecule has 0 saturated heterocycles. The van der Waals surface area contributed by atoms with E-state index in [4.69, 9.17) is 0 Å². The van der Waals surface area contributed by atoms with E-state index in [2.05, 4.69) is 46.9 Å². The Morgan fingerprint density at radius 1 is 1.29 bits per heavy atom. The van der Waals surface area contributed by atoms with Gasteiger partial charge in [0.2, 0.25) is 0 Å². The molecule has 2 rings (SSSR count). The zero-order chi connectivity index (χ0) is 9.97. The van der Waals surface area contributed by atoms with Crippen LogP contribution >= 0.6 is 0 Å². The van der Waals surface area contributed by atoms with E-state index < -0.39 is 0 Å². The molecule has 0 aliphatic rings. The van der Waals surface area contributed by atoms with Gasteiger partial charge < -0.3 is 9.88 Å². The molecule has 0 aliphatic heterocycles. The Bertz CT molecular complexity index is 415. The number of nitrogens with one attached hydrogen (secondary N) is 1. The third-order valence-electron chi connectivity index (χ3n) is 2.53. The summed E-state index contributed by atoms with van der Waals surface area (Å²) in [6, 6.07) is 6.32. The number of anilines is 1. The fourth-order valence-corrected chi connectivity index (χ4v) is 1.71. The third kappa shape index (κ3) is 1.45. The van der Waals surface area contributed by atoms with Crippen LogP contribution in [-0.2, 0) is 0 Å². The van der Waals surface area contributed by atoms with E-state index in [1.807, 2.05) is 0 Å². The number of fused-ring (bicyclic) bond motifs is 1. The fourth-order valence-electron chi connectivity index (χ4n) is 1.71. The van der Waals surface area contributed by atoms with Crippen molar-refractivity contribution in [1.29, 1.82) is 0 Å². The maximum absolute atomic E-state index is 4.20. The summed E-state index contributed by atoms with van der Waals surface area (Å²) in [5.74, 6) is 0. The topological polar surface area (TPSA) is 31.9 Å². The number of benzene rings is 1. The standard InChI is InChI=1S/C11H15N3/c1-3-14(4-2)9-5-6-10-11(7-9)13-8-12-10/h5-8H,3-4H2,1-2H3,(H,12,13). The summed E-state index contributed by atoms with van der Waals surface area (Å²) in [6.45, 7) is 6.41. The molecule has 0 bridgehead atoms. The van der Waals surface area contributed by atoms with Crippen molar-refractivity contribution in [2.24, 2.45) is 0 Å². The van der Waals surface area contributed by atoms with Gasteiger partial charge in [0.25, 0.3) is 0 Å². The average Bonchev–Trinajstić information content (AvgIpc) is 2.66. The first-order valence-corrected chi connectivity index (χ1v) is 5.03. The Morgan fingerprint density at radius 2 is 2.07 bits per heavy atom. The third-order valence-corrected chi connectivity index (χ3v) is 2.53. The highest BCUT2D eigenvalue weighted by atomic mass is 15.1. The van der Waals surface area contributed by atoms with Crippen molar-refractivity contribution in [2.45, 2.75) is 13.8 Å². The van der Waals surface area contributed by atoms with E-state index in [9.17, 15) is 0 Å². The molecule has 1 aromatic heterocycles. The van der Waals surface area contributed by atoms with Crippen molar-refractivity contribution in [1.82, 2.24) is 9.97 Å². The van der Waals surface area contributed by atoms with Crippen LogP contribution in [0.1, 0.15) is 13.8 Å². The van der Waals surface area contributed by atoms with Gasteiger partial charge in [-0.25, -0.2) is 4.98 Å². The quantitative estimate of drug-likeness (QED) is 0.804. The van der Waals surface area contributed by atoms with E-state index in [0.29, 0.717) is 0 Å². The molecule has 14 heavy (non-hydrogen) atoms. The Balaban J connectivity index is 2.42. The maximum Gasteiger partial charge on any atom is 0.0931 e. The van der Waals surface area contributed by atoms with E-state index >= 15 is 0 Å². The van der Waals surface area contributed by atoms with Gasteiger partial charge in [-0.05, 0) is 32.0 Å². The molecule has 1 heterocycles. The molecule has 1 N–H and O–H groups in total. The first-order valence-electron chi connectivity index (χ1n) is 5.03. The van der Waals surface area contributed by atoms with Gasteiger partial charge >= 0.3 is 0 Å². The van der Waals surface area contributed by atoms with E-state index in [-0.39, 0.29) is 0 Å². The number of imidazole rings is 1. The van der Waals surface area contributed by atoms with Crippen LogP contribution in [0.15, 0.2) is 24.5 Å². The van der Waals surface area contributed by atoms with Crippen molar-refractivity contribution < 1.29 is 0 Å². The Hall–Kier alpha value is -1.51. The van der Waals surface area contributed by atoms with Gasteiger partial charge in [0.05, 0.1) is 17.4 Å². The maximum atomic E-state index is 4.20. The summed E-state index contributed by atoms with van der Waals surface area (Å²) in [6.07, 6.45) is 1.73. The molecule has 0 radical (unpaired) electrons. The van der Waals surface area contributed by atoms with Gasteiger partial charge in [0, 0.05) is 18.8 Å². The lowest BCUT2D eigenvalue weighted by Gasteiger charge is -2.20. The lowest BCUT2D eigenvalue weighted by atomic mass is 10.2. The minimum Gasteiger partial charge on any atom is -0.372 e. The molecular formula is C11H15N3. The average molecular weight is 189 g/mol. The van der Waals surface area contributed by atoms with Crippen LogP contribution in [0.4, 0.5) is 5.69 Å². The Kier molecular flexibility index (Phi) is 2.39. The molecule has 3 nitrogen and oxygen atoms in total. The van der Waals surface area contributed by atoms with Gasteiger partial charge in [-0.1, -0.05) is 0 Å². The van der Waals surface area contributed by atoms with Gasteiger partial charge in [0.15, 0.2) is 0 Å². The first-order chi connectivity index (χ1) is 6.85. The van der Waals surface area contributed by atoms with Crippen LogP contribution in [0.25, 0.3) is 11.0 Å². The Labute approximate surface area is 83.8 Å². The second-order valence-electron chi connectivity index (χ2n) is 3.28. The zero-order valence-corrected chi connectivity index (χ0v) is 8.62. The summed E-state index contributed by atoms with van der Waals surface area (Å²) in [5.41, 5.74) is 3.39. The number of nitrogens with zero attached hydrogens (tertiary/aromatic N) is 2. The minimum atomic E-state index is 1.03. The minimum absolute atomic E-state index is 1.03. The number of hydrogen-bond donors (Lipinski definition) is 1. The number of rotatable bonds is 3. The molecule has 0 atom stereocenters. The molecule has 0 spiro atoms. The van der Waals surface area contributed by atoms with Crippen LogP contribution in [0.3, 0.4) is 0 Å². The van der Waals surface area contributed by atoms with E-state index in [1.54, 1.807) is 6.33 Å². The second kappa shape index (κ2) is 3.70. The zero-order valence-electron chi connectivity index (χ0n) is 8.62. The largest absolute Gasteiger partial charge is 0.372 e. The van der Waals surface area contributed by atoms with E-state index in [1.165, 1.54) is 5.69 Å². The van der Waals surface area contributed by atoms with Gasteiger partial charge in [0.1, 0.15) is 0 Å². The van der Waals surface area contributed by atoms with Gasteiger partial charge in [-0.2, -0.15) is 0 Å². The van der Waals surface area contributed by atoms with Gasteiger partial charge in [-0.15, -0.1) is 0 Å². The predicted molar refractivity (Wildman–Crippen MR) is 59.7 cm³/mol. The smallest absolute Gasteiger partial charge is 0.0931 e. The monoisotopic (exact) mass is 189 g/mol. The summed E-state index contributed by atoms with van der Waals surface area (Å²) in [7, 11) is 0. The van der Waals surface area contributed by atoms with Crippen molar-refractivity contribution in [3.05, 3.63) is 24.5 Å². The van der Waals surface area contributed by atoms with Crippen molar-refractivity contribution in [3.63, 3.8) is 0 Å². The summed E-state index contributed by atoms with van der Waals surface area (Å²) in [4.78, 5) is 9.64. The van der Waals surface area contributed by atoms with Crippen molar-refractivity contribution in [3.8, 4) is 0 Å². The lowest BCUT2D eigenvalue weighted by Crippen LogP contribution is -2.21. The molecule has 1 aromatic carbocycles. The highest BCUT2D eigenvalue weighted by Gasteiger charge is 2.03. The van der Waals surface area contributed by atoms with Crippen molar-refractivity contribution in [2.75, 3.05) is 18.0 Å². The van der Waals surface area contributed by atoms with Crippen LogP contribution in [-0.4, -0.2) is 23.1 Å². The molecule has 0 saturated carbocycles. The predicted octanol–water partition coefficient (Wildman–Crippen LogP) is 2.41. The summed E-state index contributed by atoms with van der Waals surface area (Å²) < 4.78 is 0. The highest BCUT2D eigenvalue weighted by Crippen LogP contribution is 2.19. The molecule has 3 heteroatoms. The van der Waals surface area contributed by atoms with Crippen LogP contribution in [0.2, 0.25) is 0 Å². The highest BCUT2D eigenvalue weighted by molar-refractivity contribution is 5.79. The SMILES string of the molecule is CCN(CC)c1ccc2nc[nH]c2c1. The molecule has 0 unspecified atom stereocenters. The number of H-pyrrole nitrogens is 1. The molecule has 0 amide bonds. The molecule has 0 fully saturated rings. The molecular weight excluding hydrogens is 174 g/mol. The van der Waals surface area contributed by atoms with Crippen molar-refractivity contribution >= 4 is 16.7 Å². The summed E-state index contributed by atoms with van der Waals surface area (Å²) >= 11 is 0. The normalized spacial score (nSPS) is 10.7. The summed E-state index contributed by atoms with van der Waals surface area (Å²) in [5, 5.41) is 0. The number of aromatic nitrogens is 2. The number of aromatic amines is 1. The first kappa shape index (κ1) is 9.06. The second-order valence-corrected chi connectivity index (χ2v) is 3.28. The molecule has 2 aromatic rings.